The van der Waals surface area contributed by atoms with Crippen LogP contribution in [-0.4, -0.2) is 33.1 Å². The van der Waals surface area contributed by atoms with Crippen LogP contribution in [0.3, 0.4) is 0 Å². The van der Waals surface area contributed by atoms with Crippen LogP contribution in [0.5, 0.6) is 5.75 Å². The largest absolute Gasteiger partial charge is 0.491 e. The summed E-state index contributed by atoms with van der Waals surface area (Å²) in [4.78, 5) is 19.9. The van der Waals surface area contributed by atoms with Gasteiger partial charge in [-0.25, -0.2) is 19.9 Å². The van der Waals surface area contributed by atoms with Crippen LogP contribution in [0.15, 0.2) is 36.9 Å². The van der Waals surface area contributed by atoms with Crippen LogP contribution in [-0.2, 0) is 19.4 Å². The molecule has 2 aromatic heterocycles. The van der Waals surface area contributed by atoms with Gasteiger partial charge in [0.1, 0.15) is 24.5 Å². The quantitative estimate of drug-likeness (QED) is 0.702. The summed E-state index contributed by atoms with van der Waals surface area (Å²) in [7, 11) is 0. The van der Waals surface area contributed by atoms with Crippen molar-refractivity contribution in [3.8, 4) is 16.9 Å². The second-order valence-corrected chi connectivity index (χ2v) is 8.89. The van der Waals surface area contributed by atoms with Crippen LogP contribution in [0.25, 0.3) is 11.1 Å². The molecule has 7 nitrogen and oxygen atoms in total. The van der Waals surface area contributed by atoms with Crippen molar-refractivity contribution in [3.05, 3.63) is 53.7 Å². The van der Waals surface area contributed by atoms with E-state index in [-0.39, 0.29) is 11.4 Å². The molecular formula is C23H26N6O. The molecule has 0 amide bonds. The fraction of sp³-hybridized carbons (Fsp3) is 0.391. The Labute approximate surface area is 176 Å². The van der Waals surface area contributed by atoms with Crippen molar-refractivity contribution >= 4 is 11.8 Å². The lowest BCUT2D eigenvalue weighted by atomic mass is 9.76. The topological polar surface area (TPSA) is 90.0 Å². The highest BCUT2D eigenvalue weighted by Crippen LogP contribution is 2.38. The number of hydrogen-bond acceptors (Lipinski definition) is 7. The second kappa shape index (κ2) is 7.23. The highest BCUT2D eigenvalue weighted by Gasteiger charge is 2.30. The van der Waals surface area contributed by atoms with E-state index in [9.17, 15) is 0 Å². The Morgan fingerprint density at radius 1 is 1.07 bits per heavy atom. The molecule has 0 saturated heterocycles. The van der Waals surface area contributed by atoms with Crippen molar-refractivity contribution in [2.45, 2.75) is 39.7 Å². The van der Waals surface area contributed by atoms with Crippen molar-refractivity contribution in [1.29, 1.82) is 0 Å². The van der Waals surface area contributed by atoms with Crippen LogP contribution >= 0.6 is 0 Å². The number of ether oxygens (including phenoxy) is 1. The molecule has 5 rings (SSSR count). The molecule has 0 radical (unpaired) electrons. The van der Waals surface area contributed by atoms with Crippen LogP contribution < -0.4 is 15.4 Å². The van der Waals surface area contributed by atoms with Gasteiger partial charge in [0, 0.05) is 41.3 Å². The summed E-state index contributed by atoms with van der Waals surface area (Å²) in [6, 6.07) is 6.22. The molecule has 1 aromatic carbocycles. The number of nitrogen functional groups attached to an aromatic ring is 1. The third-order valence-corrected chi connectivity index (χ3v) is 6.05. The third kappa shape index (κ3) is 3.56. The monoisotopic (exact) mass is 402 g/mol. The molecule has 7 heteroatoms. The summed E-state index contributed by atoms with van der Waals surface area (Å²) >= 11 is 0. The lowest BCUT2D eigenvalue weighted by molar-refractivity contribution is 0.310. The first kappa shape index (κ1) is 18.8. The molecule has 0 atom stereocenters. The van der Waals surface area contributed by atoms with E-state index in [0.717, 1.165) is 60.6 Å². The minimum absolute atomic E-state index is 0.273. The van der Waals surface area contributed by atoms with Crippen LogP contribution in [0.2, 0.25) is 0 Å². The van der Waals surface area contributed by atoms with Gasteiger partial charge in [0.15, 0.2) is 0 Å². The Kier molecular flexibility index (Phi) is 4.53. The first-order valence-corrected chi connectivity index (χ1v) is 10.4. The number of hydrogen-bond donors (Lipinski definition) is 1. The lowest BCUT2D eigenvalue weighted by Gasteiger charge is -2.33. The van der Waals surface area contributed by atoms with Crippen LogP contribution in [0.1, 0.15) is 37.1 Å². The number of aromatic nitrogens is 4. The van der Waals surface area contributed by atoms with Gasteiger partial charge in [0.2, 0.25) is 5.95 Å². The summed E-state index contributed by atoms with van der Waals surface area (Å²) < 4.78 is 6.06. The summed E-state index contributed by atoms with van der Waals surface area (Å²) in [6.07, 6.45) is 8.40. The Hall–Kier alpha value is -3.22. The van der Waals surface area contributed by atoms with E-state index < -0.39 is 0 Å². The highest BCUT2D eigenvalue weighted by molar-refractivity contribution is 5.65. The normalized spacial score (nSPS) is 17.5. The van der Waals surface area contributed by atoms with Crippen molar-refractivity contribution in [3.63, 3.8) is 0 Å². The zero-order chi connectivity index (χ0) is 20.7. The summed E-state index contributed by atoms with van der Waals surface area (Å²) in [5.41, 5.74) is 11.5. The van der Waals surface area contributed by atoms with Gasteiger partial charge in [-0.15, -0.1) is 0 Å². The van der Waals surface area contributed by atoms with E-state index >= 15 is 0 Å². The number of nitrogens with two attached hydrogens (primary N) is 1. The molecule has 2 aliphatic rings. The van der Waals surface area contributed by atoms with Gasteiger partial charge in [-0.1, -0.05) is 19.9 Å². The van der Waals surface area contributed by atoms with Crippen LogP contribution in [0, 0.1) is 5.41 Å². The molecule has 2 N–H and O–H groups in total. The molecule has 0 spiro atoms. The number of fused-ring (bicyclic) bond motifs is 2. The SMILES string of the molecule is CC1(C)CCc2ncnc(N3CCOc4ccc(-c5cnc(N)nc5)cc4C3)c2C1. The van der Waals surface area contributed by atoms with Gasteiger partial charge < -0.3 is 15.4 Å². The molecular weight excluding hydrogens is 376 g/mol. The molecule has 0 saturated carbocycles. The van der Waals surface area contributed by atoms with Crippen molar-refractivity contribution in [2.24, 2.45) is 5.41 Å². The predicted octanol–water partition coefficient (Wildman–Crippen LogP) is 3.43. The van der Waals surface area contributed by atoms with E-state index in [2.05, 4.69) is 39.8 Å². The van der Waals surface area contributed by atoms with Gasteiger partial charge in [-0.05, 0) is 42.4 Å². The zero-order valence-corrected chi connectivity index (χ0v) is 17.4. The van der Waals surface area contributed by atoms with Crippen molar-refractivity contribution < 1.29 is 4.74 Å². The maximum atomic E-state index is 6.06. The molecule has 1 aliphatic heterocycles. The number of rotatable bonds is 2. The van der Waals surface area contributed by atoms with Gasteiger partial charge in [-0.3, -0.25) is 0 Å². The van der Waals surface area contributed by atoms with Gasteiger partial charge >= 0.3 is 0 Å². The van der Waals surface area contributed by atoms with Crippen LogP contribution in [0.4, 0.5) is 11.8 Å². The maximum Gasteiger partial charge on any atom is 0.219 e. The molecule has 154 valence electrons. The number of anilines is 2. The average Bonchev–Trinajstić information content (AvgIpc) is 2.95. The van der Waals surface area contributed by atoms with E-state index in [4.69, 9.17) is 15.5 Å². The fourth-order valence-corrected chi connectivity index (χ4v) is 4.37. The number of benzene rings is 1. The summed E-state index contributed by atoms with van der Waals surface area (Å²) in [5, 5.41) is 0. The summed E-state index contributed by atoms with van der Waals surface area (Å²) in [5.74, 6) is 2.24. The Balaban J connectivity index is 1.50. The van der Waals surface area contributed by atoms with Crippen molar-refractivity contribution in [1.82, 2.24) is 19.9 Å². The Bertz CT molecular complexity index is 1080. The van der Waals surface area contributed by atoms with E-state index in [1.165, 1.54) is 11.3 Å². The molecule has 3 heterocycles. The standard InChI is InChI=1S/C23H26N6O/c1-23(2)6-5-19-18(10-23)21(28-14-27-19)29-7-8-30-20-4-3-15(9-16(20)13-29)17-11-25-22(24)26-12-17/h3-4,9,11-12,14H,5-8,10,13H2,1-2H3,(H2,24,25,26). The lowest BCUT2D eigenvalue weighted by Crippen LogP contribution is -2.31. The number of nitrogens with zero attached hydrogens (tertiary/aromatic N) is 5. The first-order valence-electron chi connectivity index (χ1n) is 10.4. The smallest absolute Gasteiger partial charge is 0.219 e. The molecule has 0 unspecified atom stereocenters. The zero-order valence-electron chi connectivity index (χ0n) is 17.4. The van der Waals surface area contributed by atoms with E-state index in [1.807, 2.05) is 12.1 Å². The van der Waals surface area contributed by atoms with Crippen molar-refractivity contribution in [2.75, 3.05) is 23.8 Å². The van der Waals surface area contributed by atoms with E-state index in [0.29, 0.717) is 6.61 Å². The predicted molar refractivity (Wildman–Crippen MR) is 116 cm³/mol. The average molecular weight is 403 g/mol. The fourth-order valence-electron chi connectivity index (χ4n) is 4.37. The molecule has 0 bridgehead atoms. The van der Waals surface area contributed by atoms with Gasteiger partial charge in [-0.2, -0.15) is 0 Å². The molecule has 3 aromatic rings. The maximum absolute atomic E-state index is 6.06. The van der Waals surface area contributed by atoms with Gasteiger partial charge in [0.25, 0.3) is 0 Å². The molecule has 0 fully saturated rings. The van der Waals surface area contributed by atoms with Gasteiger partial charge in [0.05, 0.1) is 6.54 Å². The third-order valence-electron chi connectivity index (χ3n) is 6.05. The minimum atomic E-state index is 0.273. The minimum Gasteiger partial charge on any atom is -0.491 e. The second-order valence-electron chi connectivity index (χ2n) is 8.89. The molecule has 1 aliphatic carbocycles. The first-order chi connectivity index (χ1) is 14.5. The highest BCUT2D eigenvalue weighted by atomic mass is 16.5. The van der Waals surface area contributed by atoms with E-state index in [1.54, 1.807) is 18.7 Å². The Morgan fingerprint density at radius 2 is 1.90 bits per heavy atom. The number of aryl methyl sites for hydroxylation is 1. The Morgan fingerprint density at radius 3 is 2.73 bits per heavy atom. The molecule has 30 heavy (non-hydrogen) atoms. The summed E-state index contributed by atoms with van der Waals surface area (Å²) in [6.45, 7) is 6.81.